The Hall–Kier alpha value is -2.44. The van der Waals surface area contributed by atoms with Crippen LogP contribution in [0.25, 0.3) is 10.9 Å². The summed E-state index contributed by atoms with van der Waals surface area (Å²) in [6, 6.07) is 17.3. The minimum atomic E-state index is -3.45. The molecular weight excluding hydrogens is 358 g/mol. The molecule has 27 heavy (non-hydrogen) atoms. The topological polar surface area (TPSA) is 53.5 Å². The van der Waals surface area contributed by atoms with Gasteiger partial charge in [-0.3, -0.25) is 0 Å². The fraction of sp³-hybridized carbons (Fsp3) is 0.286. The Labute approximate surface area is 160 Å². The van der Waals surface area contributed by atoms with E-state index in [1.807, 2.05) is 31.2 Å². The van der Waals surface area contributed by atoms with Crippen molar-refractivity contribution in [3.05, 3.63) is 65.7 Å². The SMILES string of the molecule is Cc1cccc(S(=O)(=O)N2CCN(c3nc4ccccc4cc3C)CC2)c1. The largest absolute Gasteiger partial charge is 0.354 e. The Morgan fingerprint density at radius 3 is 2.37 bits per heavy atom. The molecule has 0 unspecified atom stereocenters. The number of sulfonamides is 1. The molecule has 1 aliphatic rings. The van der Waals surface area contributed by atoms with Crippen molar-refractivity contribution in [2.75, 3.05) is 31.1 Å². The van der Waals surface area contributed by atoms with Gasteiger partial charge in [0.1, 0.15) is 5.82 Å². The highest BCUT2D eigenvalue weighted by Crippen LogP contribution is 2.25. The summed E-state index contributed by atoms with van der Waals surface area (Å²) < 4.78 is 27.4. The lowest BCUT2D eigenvalue weighted by Crippen LogP contribution is -2.49. The summed E-state index contributed by atoms with van der Waals surface area (Å²) >= 11 is 0. The minimum absolute atomic E-state index is 0.371. The van der Waals surface area contributed by atoms with Gasteiger partial charge in [0.05, 0.1) is 10.4 Å². The highest BCUT2D eigenvalue weighted by Gasteiger charge is 2.29. The molecule has 0 atom stereocenters. The van der Waals surface area contributed by atoms with E-state index in [4.69, 9.17) is 4.98 Å². The van der Waals surface area contributed by atoms with Crippen LogP contribution in [-0.2, 0) is 10.0 Å². The van der Waals surface area contributed by atoms with Gasteiger partial charge in [0.25, 0.3) is 0 Å². The van der Waals surface area contributed by atoms with Crippen LogP contribution >= 0.6 is 0 Å². The van der Waals surface area contributed by atoms with E-state index in [1.54, 1.807) is 22.5 Å². The van der Waals surface area contributed by atoms with E-state index >= 15 is 0 Å². The number of hydrogen-bond donors (Lipinski definition) is 0. The number of para-hydroxylation sites is 1. The van der Waals surface area contributed by atoms with Crippen LogP contribution in [0, 0.1) is 13.8 Å². The number of fused-ring (bicyclic) bond motifs is 1. The molecule has 140 valence electrons. The summed E-state index contributed by atoms with van der Waals surface area (Å²) in [5.41, 5.74) is 3.03. The molecule has 0 N–H and O–H groups in total. The molecule has 0 amide bonds. The molecule has 6 heteroatoms. The van der Waals surface area contributed by atoms with E-state index in [1.165, 1.54) is 0 Å². The van der Waals surface area contributed by atoms with E-state index in [9.17, 15) is 8.42 Å². The average molecular weight is 382 g/mol. The number of nitrogens with zero attached hydrogens (tertiary/aromatic N) is 3. The van der Waals surface area contributed by atoms with Crippen molar-refractivity contribution >= 4 is 26.7 Å². The summed E-state index contributed by atoms with van der Waals surface area (Å²) in [5.74, 6) is 0.946. The van der Waals surface area contributed by atoms with Crippen molar-refractivity contribution in [3.63, 3.8) is 0 Å². The van der Waals surface area contributed by atoms with Crippen LogP contribution in [0.1, 0.15) is 11.1 Å². The zero-order valence-corrected chi connectivity index (χ0v) is 16.4. The van der Waals surface area contributed by atoms with Crippen molar-refractivity contribution in [1.82, 2.24) is 9.29 Å². The number of benzene rings is 2. The summed E-state index contributed by atoms with van der Waals surface area (Å²) in [6.45, 7) is 6.17. The van der Waals surface area contributed by atoms with Crippen molar-refractivity contribution in [1.29, 1.82) is 0 Å². The minimum Gasteiger partial charge on any atom is -0.354 e. The van der Waals surface area contributed by atoms with Gasteiger partial charge in [0.15, 0.2) is 0 Å². The Balaban J connectivity index is 1.55. The molecule has 1 aromatic heterocycles. The molecule has 0 bridgehead atoms. The Bertz CT molecular complexity index is 1090. The Morgan fingerprint density at radius 1 is 0.889 bits per heavy atom. The van der Waals surface area contributed by atoms with Gasteiger partial charge >= 0.3 is 0 Å². The van der Waals surface area contributed by atoms with Crippen molar-refractivity contribution in [3.8, 4) is 0 Å². The average Bonchev–Trinajstić information content (AvgIpc) is 2.67. The third kappa shape index (κ3) is 3.42. The number of rotatable bonds is 3. The van der Waals surface area contributed by atoms with Crippen molar-refractivity contribution in [2.24, 2.45) is 0 Å². The van der Waals surface area contributed by atoms with Crippen LogP contribution in [0.4, 0.5) is 5.82 Å². The molecular formula is C21H23N3O2S. The maximum Gasteiger partial charge on any atom is 0.243 e. The van der Waals surface area contributed by atoms with Crippen LogP contribution in [-0.4, -0.2) is 43.9 Å². The third-order valence-corrected chi connectivity index (χ3v) is 6.95. The summed E-state index contributed by atoms with van der Waals surface area (Å²) in [5, 5.41) is 1.12. The molecule has 0 aliphatic carbocycles. The molecule has 1 fully saturated rings. The van der Waals surface area contributed by atoms with E-state index in [0.29, 0.717) is 31.1 Å². The summed E-state index contributed by atoms with van der Waals surface area (Å²) in [7, 11) is -3.45. The molecule has 3 aromatic rings. The van der Waals surface area contributed by atoms with Crippen LogP contribution in [0.5, 0.6) is 0 Å². The number of hydrogen-bond acceptors (Lipinski definition) is 4. The number of pyridine rings is 1. The molecule has 0 radical (unpaired) electrons. The molecule has 4 rings (SSSR count). The van der Waals surface area contributed by atoms with E-state index in [2.05, 4.69) is 24.0 Å². The van der Waals surface area contributed by atoms with Gasteiger partial charge in [-0.05, 0) is 49.2 Å². The maximum atomic E-state index is 12.9. The second-order valence-electron chi connectivity index (χ2n) is 7.03. The monoisotopic (exact) mass is 381 g/mol. The molecule has 2 heterocycles. The number of aromatic nitrogens is 1. The van der Waals surface area contributed by atoms with Gasteiger partial charge in [-0.25, -0.2) is 13.4 Å². The quantitative estimate of drug-likeness (QED) is 0.698. The lowest BCUT2D eigenvalue weighted by atomic mass is 10.1. The van der Waals surface area contributed by atoms with Gasteiger partial charge in [-0.2, -0.15) is 4.31 Å². The molecule has 2 aromatic carbocycles. The van der Waals surface area contributed by atoms with Crippen LogP contribution in [0.2, 0.25) is 0 Å². The number of piperazine rings is 1. The second kappa shape index (κ2) is 6.94. The zero-order valence-electron chi connectivity index (χ0n) is 15.6. The molecule has 0 spiro atoms. The first kappa shape index (κ1) is 17.9. The lowest BCUT2D eigenvalue weighted by molar-refractivity contribution is 0.383. The van der Waals surface area contributed by atoms with E-state index in [-0.39, 0.29) is 0 Å². The smallest absolute Gasteiger partial charge is 0.243 e. The zero-order chi connectivity index (χ0) is 19.0. The summed E-state index contributed by atoms with van der Waals surface area (Å²) in [4.78, 5) is 7.37. The molecule has 1 aliphatic heterocycles. The first-order valence-electron chi connectivity index (χ1n) is 9.13. The summed E-state index contributed by atoms with van der Waals surface area (Å²) in [6.07, 6.45) is 0. The van der Waals surface area contributed by atoms with Crippen molar-refractivity contribution in [2.45, 2.75) is 18.7 Å². The number of anilines is 1. The normalized spacial score (nSPS) is 16.0. The van der Waals surface area contributed by atoms with E-state index in [0.717, 1.165) is 27.8 Å². The molecule has 5 nitrogen and oxygen atoms in total. The van der Waals surface area contributed by atoms with Gasteiger partial charge in [0, 0.05) is 31.6 Å². The van der Waals surface area contributed by atoms with Gasteiger partial charge in [-0.1, -0.05) is 30.3 Å². The highest BCUT2D eigenvalue weighted by molar-refractivity contribution is 7.89. The Kier molecular flexibility index (Phi) is 4.61. The number of aryl methyl sites for hydroxylation is 2. The van der Waals surface area contributed by atoms with Gasteiger partial charge in [0.2, 0.25) is 10.0 Å². The van der Waals surface area contributed by atoms with Crippen LogP contribution in [0.15, 0.2) is 59.5 Å². The Morgan fingerprint density at radius 2 is 1.63 bits per heavy atom. The maximum absolute atomic E-state index is 12.9. The van der Waals surface area contributed by atoms with Crippen LogP contribution < -0.4 is 4.90 Å². The first-order valence-corrected chi connectivity index (χ1v) is 10.6. The second-order valence-corrected chi connectivity index (χ2v) is 8.97. The van der Waals surface area contributed by atoms with Gasteiger partial charge in [-0.15, -0.1) is 0 Å². The first-order chi connectivity index (χ1) is 12.9. The van der Waals surface area contributed by atoms with Crippen LogP contribution in [0.3, 0.4) is 0 Å². The predicted molar refractivity (Wildman–Crippen MR) is 109 cm³/mol. The molecule has 0 saturated carbocycles. The van der Waals surface area contributed by atoms with E-state index < -0.39 is 10.0 Å². The fourth-order valence-corrected chi connectivity index (χ4v) is 5.12. The third-order valence-electron chi connectivity index (χ3n) is 5.05. The fourth-order valence-electron chi connectivity index (χ4n) is 3.60. The standard InChI is InChI=1S/C21H23N3O2S/c1-16-6-5-8-19(14-16)27(25,26)24-12-10-23(11-13-24)21-17(2)15-18-7-3-4-9-20(18)22-21/h3-9,14-15H,10-13H2,1-2H3. The lowest BCUT2D eigenvalue weighted by Gasteiger charge is -2.35. The van der Waals surface area contributed by atoms with Crippen molar-refractivity contribution < 1.29 is 8.42 Å². The van der Waals surface area contributed by atoms with Gasteiger partial charge < -0.3 is 4.90 Å². The predicted octanol–water partition coefficient (Wildman–Crippen LogP) is 3.36. The molecule has 1 saturated heterocycles. The highest BCUT2D eigenvalue weighted by atomic mass is 32.2.